The molecule has 2 rings (SSSR count). The van der Waals surface area contributed by atoms with Gasteiger partial charge in [0.2, 0.25) is 0 Å². The topological polar surface area (TPSA) is 18.5 Å². The Hall–Kier alpha value is -0.120. The highest BCUT2D eigenvalue weighted by Gasteiger charge is 2.27. The first-order chi connectivity index (χ1) is 8.16. The number of rotatable bonds is 5. The van der Waals surface area contributed by atoms with E-state index in [1.165, 1.54) is 52.0 Å². The Morgan fingerprint density at radius 1 is 1.12 bits per heavy atom. The summed E-state index contributed by atoms with van der Waals surface area (Å²) in [5.74, 6) is 0.754. The third-order valence-corrected chi connectivity index (χ3v) is 4.19. The van der Waals surface area contributed by atoms with Gasteiger partial charge in [-0.1, -0.05) is 13.8 Å². The van der Waals surface area contributed by atoms with Crippen LogP contribution < -0.4 is 5.32 Å². The molecule has 1 N–H and O–H groups in total. The third-order valence-electron chi connectivity index (χ3n) is 4.19. The summed E-state index contributed by atoms with van der Waals surface area (Å²) < 4.78 is 0. The van der Waals surface area contributed by atoms with Crippen LogP contribution in [0.1, 0.15) is 33.1 Å². The predicted molar refractivity (Wildman–Crippen MR) is 73.3 cm³/mol. The lowest BCUT2D eigenvalue weighted by Crippen LogP contribution is -2.47. The molecule has 2 fully saturated rings. The molecule has 0 bridgehead atoms. The summed E-state index contributed by atoms with van der Waals surface area (Å²) in [7, 11) is 2.25. The largest absolute Gasteiger partial charge is 0.312 e. The SMILES string of the molecule is CC(C)C(CNC1CC1)N1CCCN(C)CC1. The van der Waals surface area contributed by atoms with Crippen LogP contribution in [0.15, 0.2) is 0 Å². The highest BCUT2D eigenvalue weighted by atomic mass is 15.2. The van der Waals surface area contributed by atoms with Crippen LogP contribution in [0.4, 0.5) is 0 Å². The van der Waals surface area contributed by atoms with Gasteiger partial charge in [-0.2, -0.15) is 0 Å². The summed E-state index contributed by atoms with van der Waals surface area (Å²) in [6.45, 7) is 10.9. The van der Waals surface area contributed by atoms with Crippen LogP contribution in [0.2, 0.25) is 0 Å². The van der Waals surface area contributed by atoms with Gasteiger partial charge >= 0.3 is 0 Å². The zero-order chi connectivity index (χ0) is 12.3. The summed E-state index contributed by atoms with van der Waals surface area (Å²) in [5.41, 5.74) is 0. The highest BCUT2D eigenvalue weighted by molar-refractivity contribution is 4.86. The smallest absolute Gasteiger partial charge is 0.0244 e. The van der Waals surface area contributed by atoms with Gasteiger partial charge in [0.25, 0.3) is 0 Å². The van der Waals surface area contributed by atoms with E-state index in [0.29, 0.717) is 0 Å². The maximum atomic E-state index is 3.71. The van der Waals surface area contributed by atoms with E-state index in [4.69, 9.17) is 0 Å². The molecule has 1 aliphatic carbocycles. The molecule has 3 nitrogen and oxygen atoms in total. The van der Waals surface area contributed by atoms with Crippen molar-refractivity contribution >= 4 is 0 Å². The van der Waals surface area contributed by atoms with Crippen molar-refractivity contribution < 1.29 is 0 Å². The number of hydrogen-bond acceptors (Lipinski definition) is 3. The Morgan fingerprint density at radius 3 is 2.53 bits per heavy atom. The van der Waals surface area contributed by atoms with Gasteiger partial charge in [0.05, 0.1) is 0 Å². The molecule has 1 saturated heterocycles. The first-order valence-corrected chi connectivity index (χ1v) is 7.33. The zero-order valence-electron chi connectivity index (χ0n) is 11.8. The number of nitrogens with one attached hydrogen (secondary N) is 1. The molecule has 100 valence electrons. The summed E-state index contributed by atoms with van der Waals surface area (Å²) in [5, 5.41) is 3.71. The van der Waals surface area contributed by atoms with Crippen molar-refractivity contribution in [1.82, 2.24) is 15.1 Å². The maximum Gasteiger partial charge on any atom is 0.0244 e. The molecule has 0 aromatic rings. The minimum Gasteiger partial charge on any atom is -0.312 e. The maximum absolute atomic E-state index is 3.71. The summed E-state index contributed by atoms with van der Waals surface area (Å²) in [6.07, 6.45) is 4.12. The van der Waals surface area contributed by atoms with Crippen LogP contribution in [-0.2, 0) is 0 Å². The van der Waals surface area contributed by atoms with Gasteiger partial charge in [0, 0.05) is 31.7 Å². The fourth-order valence-corrected chi connectivity index (χ4v) is 2.76. The molecule has 1 saturated carbocycles. The van der Waals surface area contributed by atoms with Gasteiger partial charge < -0.3 is 10.2 Å². The predicted octanol–water partition coefficient (Wildman–Crippen LogP) is 1.40. The zero-order valence-corrected chi connectivity index (χ0v) is 11.8. The van der Waals surface area contributed by atoms with E-state index in [0.717, 1.165) is 18.0 Å². The molecule has 0 amide bonds. The monoisotopic (exact) mass is 239 g/mol. The molecular weight excluding hydrogens is 210 g/mol. The van der Waals surface area contributed by atoms with Crippen LogP contribution in [-0.4, -0.2) is 61.7 Å². The molecule has 17 heavy (non-hydrogen) atoms. The van der Waals surface area contributed by atoms with Crippen molar-refractivity contribution in [2.75, 3.05) is 39.8 Å². The van der Waals surface area contributed by atoms with Crippen LogP contribution in [0.3, 0.4) is 0 Å². The third kappa shape index (κ3) is 4.23. The first kappa shape index (κ1) is 13.3. The van der Waals surface area contributed by atoms with Crippen molar-refractivity contribution in [3.05, 3.63) is 0 Å². The Labute approximate surface area is 107 Å². The van der Waals surface area contributed by atoms with Gasteiger partial charge in [-0.15, -0.1) is 0 Å². The van der Waals surface area contributed by atoms with Crippen molar-refractivity contribution in [3.8, 4) is 0 Å². The molecule has 3 heteroatoms. The summed E-state index contributed by atoms with van der Waals surface area (Å²) in [6, 6.07) is 1.56. The van der Waals surface area contributed by atoms with E-state index in [9.17, 15) is 0 Å². The Kier molecular flexibility index (Phi) is 4.83. The van der Waals surface area contributed by atoms with E-state index in [1.807, 2.05) is 0 Å². The van der Waals surface area contributed by atoms with E-state index >= 15 is 0 Å². The van der Waals surface area contributed by atoms with Crippen LogP contribution in [0.5, 0.6) is 0 Å². The Bertz CT molecular complexity index is 226. The van der Waals surface area contributed by atoms with Crippen LogP contribution in [0.25, 0.3) is 0 Å². The van der Waals surface area contributed by atoms with E-state index in [-0.39, 0.29) is 0 Å². The second-order valence-electron chi connectivity index (χ2n) is 6.19. The number of nitrogens with zero attached hydrogens (tertiary/aromatic N) is 2. The van der Waals surface area contributed by atoms with Gasteiger partial charge in [-0.3, -0.25) is 4.90 Å². The van der Waals surface area contributed by atoms with Crippen LogP contribution >= 0.6 is 0 Å². The first-order valence-electron chi connectivity index (χ1n) is 7.33. The molecular formula is C14H29N3. The highest BCUT2D eigenvalue weighted by Crippen LogP contribution is 2.20. The van der Waals surface area contributed by atoms with Crippen LogP contribution in [0, 0.1) is 5.92 Å². The van der Waals surface area contributed by atoms with Crippen molar-refractivity contribution in [2.45, 2.75) is 45.2 Å². The molecule has 1 heterocycles. The number of hydrogen-bond donors (Lipinski definition) is 1. The second kappa shape index (κ2) is 6.17. The van der Waals surface area contributed by atoms with Gasteiger partial charge in [0.1, 0.15) is 0 Å². The lowest BCUT2D eigenvalue weighted by Gasteiger charge is -2.33. The Morgan fingerprint density at radius 2 is 1.88 bits per heavy atom. The summed E-state index contributed by atoms with van der Waals surface area (Å²) in [4.78, 5) is 5.18. The van der Waals surface area contributed by atoms with Gasteiger partial charge in [-0.25, -0.2) is 0 Å². The minimum absolute atomic E-state index is 0.724. The summed E-state index contributed by atoms with van der Waals surface area (Å²) >= 11 is 0. The molecule has 0 aromatic heterocycles. The quantitative estimate of drug-likeness (QED) is 0.782. The normalized spacial score (nSPS) is 26.1. The molecule has 0 spiro atoms. The average molecular weight is 239 g/mol. The Balaban J connectivity index is 1.84. The standard InChI is InChI=1S/C14H29N3/c1-12(2)14(11-15-13-5-6-13)17-8-4-7-16(3)9-10-17/h12-15H,4-11H2,1-3H3. The van der Waals surface area contributed by atoms with Crippen molar-refractivity contribution in [1.29, 1.82) is 0 Å². The lowest BCUT2D eigenvalue weighted by atomic mass is 10.0. The molecule has 0 aromatic carbocycles. The molecule has 1 aliphatic heterocycles. The fourth-order valence-electron chi connectivity index (χ4n) is 2.76. The average Bonchev–Trinajstić information content (AvgIpc) is 3.08. The number of likely N-dealkylation sites (N-methyl/N-ethyl adjacent to an activating group) is 1. The molecule has 0 radical (unpaired) electrons. The van der Waals surface area contributed by atoms with Crippen molar-refractivity contribution in [3.63, 3.8) is 0 Å². The minimum atomic E-state index is 0.724. The lowest BCUT2D eigenvalue weighted by molar-refractivity contribution is 0.156. The van der Waals surface area contributed by atoms with E-state index in [2.05, 4.69) is 36.0 Å². The molecule has 1 unspecified atom stereocenters. The van der Waals surface area contributed by atoms with Gasteiger partial charge in [-0.05, 0) is 45.3 Å². The molecule has 2 aliphatic rings. The van der Waals surface area contributed by atoms with Gasteiger partial charge in [0.15, 0.2) is 0 Å². The fraction of sp³-hybridized carbons (Fsp3) is 1.00. The van der Waals surface area contributed by atoms with E-state index < -0.39 is 0 Å². The van der Waals surface area contributed by atoms with E-state index in [1.54, 1.807) is 0 Å². The van der Waals surface area contributed by atoms with Crippen molar-refractivity contribution in [2.24, 2.45) is 5.92 Å². The second-order valence-corrected chi connectivity index (χ2v) is 6.19. The molecule has 1 atom stereocenters.